The van der Waals surface area contributed by atoms with Crippen LogP contribution in [0.4, 0.5) is 18.9 Å². The number of allylic oxidation sites excluding steroid dienone is 1. The van der Waals surface area contributed by atoms with Gasteiger partial charge >= 0.3 is 5.92 Å². The largest absolute Gasteiger partial charge is 0.332 e. The number of nitrogens with zero attached hydrogens (tertiary/aromatic N) is 3. The van der Waals surface area contributed by atoms with Crippen molar-refractivity contribution in [3.8, 4) is 0 Å². The van der Waals surface area contributed by atoms with Crippen molar-refractivity contribution in [2.24, 2.45) is 10.9 Å². The van der Waals surface area contributed by atoms with Gasteiger partial charge in [0.15, 0.2) is 0 Å². The first kappa shape index (κ1) is 26.2. The number of halogens is 4. The molecule has 0 spiro atoms. The number of amides is 2. The quantitative estimate of drug-likeness (QED) is 0.633. The molecule has 6 nitrogen and oxygen atoms in total. The van der Waals surface area contributed by atoms with Gasteiger partial charge < -0.3 is 10.2 Å². The molecule has 0 radical (unpaired) electrons. The van der Waals surface area contributed by atoms with Crippen LogP contribution in [0, 0.1) is 18.7 Å². The summed E-state index contributed by atoms with van der Waals surface area (Å²) in [6.07, 6.45) is 1.10. The highest BCUT2D eigenvalue weighted by atomic mass is 35.5. The fraction of sp³-hybridized carbons (Fsp3) is 0.542. The summed E-state index contributed by atoms with van der Waals surface area (Å²) in [7, 11) is 0. The maximum Gasteiger partial charge on any atom is 0.324 e. The number of alkyl halides is 2. The summed E-state index contributed by atoms with van der Waals surface area (Å²) in [6, 6.07) is 2.27. The molecule has 1 aromatic carbocycles. The number of hydrogen-bond acceptors (Lipinski definition) is 4. The fourth-order valence-electron chi connectivity index (χ4n) is 4.15. The smallest absolute Gasteiger partial charge is 0.324 e. The topological polar surface area (TPSA) is 65.0 Å². The molecule has 34 heavy (non-hydrogen) atoms. The molecule has 2 aliphatic heterocycles. The van der Waals surface area contributed by atoms with E-state index in [2.05, 4.69) is 10.3 Å². The van der Waals surface area contributed by atoms with Crippen LogP contribution < -0.4 is 5.32 Å². The molecule has 2 heterocycles. The Bertz CT molecular complexity index is 1030. The predicted octanol–water partition coefficient (Wildman–Crippen LogP) is 4.36. The van der Waals surface area contributed by atoms with Gasteiger partial charge in [0.2, 0.25) is 5.91 Å². The minimum absolute atomic E-state index is 0.169. The van der Waals surface area contributed by atoms with E-state index in [4.69, 9.17) is 11.6 Å². The summed E-state index contributed by atoms with van der Waals surface area (Å²) in [5.74, 6) is -5.89. The van der Waals surface area contributed by atoms with E-state index >= 15 is 0 Å². The normalized spacial score (nSPS) is 21.7. The second-order valence-electron chi connectivity index (χ2n) is 8.91. The van der Waals surface area contributed by atoms with Gasteiger partial charge in [-0.05, 0) is 50.1 Å². The molecule has 10 heteroatoms. The Morgan fingerprint density at radius 3 is 2.59 bits per heavy atom. The predicted molar refractivity (Wildman–Crippen MR) is 127 cm³/mol. The van der Waals surface area contributed by atoms with Crippen molar-refractivity contribution in [1.29, 1.82) is 0 Å². The van der Waals surface area contributed by atoms with E-state index < -0.39 is 36.0 Å². The molecule has 2 amide bonds. The number of rotatable bonds is 6. The standard InChI is InChI=1S/C24H30ClF3N4O2/c1-5-24(27,28)23(34)32-7-6-31(12-14(32)2)13-18-8-19(26)10-21(15(18)3)30-22(33)17-9-20(25)16(4)29-11-17/h8-10,14,17H,5-7,11-13H2,1-4H3,(H,30,33)/t14-,17?/m0/s1. The summed E-state index contributed by atoms with van der Waals surface area (Å²) < 4.78 is 42.2. The third-order valence-electron chi connectivity index (χ3n) is 6.42. The zero-order valence-corrected chi connectivity index (χ0v) is 20.6. The Morgan fingerprint density at radius 2 is 1.97 bits per heavy atom. The Hall–Kier alpha value is -2.39. The van der Waals surface area contributed by atoms with Crippen molar-refractivity contribution in [1.82, 2.24) is 9.80 Å². The van der Waals surface area contributed by atoms with Gasteiger partial charge in [-0.3, -0.25) is 19.5 Å². The Balaban J connectivity index is 1.69. The number of benzene rings is 1. The number of anilines is 1. The third kappa shape index (κ3) is 5.81. The van der Waals surface area contributed by atoms with Crippen molar-refractivity contribution in [3.63, 3.8) is 0 Å². The number of piperazine rings is 1. The summed E-state index contributed by atoms with van der Waals surface area (Å²) >= 11 is 6.09. The molecule has 1 fully saturated rings. The first-order chi connectivity index (χ1) is 15.9. The molecule has 0 aromatic heterocycles. The Labute approximate surface area is 202 Å². The first-order valence-electron chi connectivity index (χ1n) is 11.3. The lowest BCUT2D eigenvalue weighted by atomic mass is 10.0. The second-order valence-corrected chi connectivity index (χ2v) is 9.32. The fourth-order valence-corrected chi connectivity index (χ4v) is 4.37. The molecule has 0 bridgehead atoms. The summed E-state index contributed by atoms with van der Waals surface area (Å²) in [5, 5.41) is 3.20. The van der Waals surface area contributed by atoms with Gasteiger partial charge in [0.05, 0.1) is 23.2 Å². The van der Waals surface area contributed by atoms with Gasteiger partial charge in [-0.1, -0.05) is 18.5 Å². The summed E-state index contributed by atoms with van der Waals surface area (Å²) in [5.41, 5.74) is 2.42. The number of aliphatic imine (C=N–C) groups is 1. The van der Waals surface area contributed by atoms with Crippen LogP contribution in [0.3, 0.4) is 0 Å². The summed E-state index contributed by atoms with van der Waals surface area (Å²) in [6.45, 7) is 8.14. The van der Waals surface area contributed by atoms with Crippen molar-refractivity contribution >= 4 is 34.8 Å². The Morgan fingerprint density at radius 1 is 1.26 bits per heavy atom. The molecule has 2 aliphatic rings. The van der Waals surface area contributed by atoms with E-state index in [0.717, 1.165) is 0 Å². The third-order valence-corrected chi connectivity index (χ3v) is 6.82. The van der Waals surface area contributed by atoms with E-state index in [-0.39, 0.29) is 19.0 Å². The SMILES string of the molecule is CCC(F)(F)C(=O)N1CCN(Cc2cc(F)cc(NC(=O)C3C=C(Cl)C(C)=NC3)c2C)C[C@@H]1C. The molecular weight excluding hydrogens is 469 g/mol. The molecule has 2 atom stereocenters. The second kappa shape index (κ2) is 10.5. The van der Waals surface area contributed by atoms with Crippen molar-refractivity contribution < 1.29 is 22.8 Å². The van der Waals surface area contributed by atoms with E-state index in [0.29, 0.717) is 47.2 Å². The summed E-state index contributed by atoms with van der Waals surface area (Å²) in [4.78, 5) is 32.4. The minimum atomic E-state index is -3.37. The van der Waals surface area contributed by atoms with Gasteiger partial charge in [-0.25, -0.2) is 4.39 Å². The average Bonchev–Trinajstić information content (AvgIpc) is 2.78. The number of hydrogen-bond donors (Lipinski definition) is 1. The van der Waals surface area contributed by atoms with E-state index in [9.17, 15) is 22.8 Å². The lowest BCUT2D eigenvalue weighted by molar-refractivity contribution is -0.162. The molecule has 1 aromatic rings. The first-order valence-corrected chi connectivity index (χ1v) is 11.7. The number of nitrogens with one attached hydrogen (secondary N) is 1. The van der Waals surface area contributed by atoms with Crippen molar-refractivity contribution in [3.05, 3.63) is 40.2 Å². The lowest BCUT2D eigenvalue weighted by Crippen LogP contribution is -2.57. The van der Waals surface area contributed by atoms with E-state index in [1.54, 1.807) is 26.8 Å². The van der Waals surface area contributed by atoms with Crippen LogP contribution in [0.15, 0.2) is 28.2 Å². The van der Waals surface area contributed by atoms with Crippen molar-refractivity contribution in [2.75, 3.05) is 31.5 Å². The van der Waals surface area contributed by atoms with E-state index in [1.807, 2.05) is 4.90 Å². The zero-order chi connectivity index (χ0) is 25.2. The molecule has 1 unspecified atom stereocenters. The maximum absolute atomic E-state index is 14.4. The van der Waals surface area contributed by atoms with Crippen LogP contribution in [0.1, 0.15) is 38.3 Å². The number of dihydropyridines is 1. The van der Waals surface area contributed by atoms with E-state index in [1.165, 1.54) is 24.0 Å². The van der Waals surface area contributed by atoms with Crippen LogP contribution >= 0.6 is 11.6 Å². The van der Waals surface area contributed by atoms with Crippen LogP contribution in [-0.4, -0.2) is 65.5 Å². The van der Waals surface area contributed by atoms with Crippen LogP contribution in [-0.2, 0) is 16.1 Å². The molecule has 1 saturated heterocycles. The molecule has 3 rings (SSSR count). The molecule has 0 saturated carbocycles. The highest BCUT2D eigenvalue weighted by Crippen LogP contribution is 2.27. The molecule has 1 N–H and O–H groups in total. The number of carbonyl (C=O) groups excluding carboxylic acids is 2. The van der Waals surface area contributed by atoms with Crippen LogP contribution in [0.2, 0.25) is 0 Å². The van der Waals surface area contributed by atoms with Gasteiger partial charge in [0.1, 0.15) is 5.82 Å². The van der Waals surface area contributed by atoms with Crippen LogP contribution in [0.25, 0.3) is 0 Å². The monoisotopic (exact) mass is 498 g/mol. The van der Waals surface area contributed by atoms with Crippen molar-refractivity contribution in [2.45, 2.75) is 52.6 Å². The molecule has 186 valence electrons. The van der Waals surface area contributed by atoms with Gasteiger partial charge in [-0.2, -0.15) is 8.78 Å². The highest BCUT2D eigenvalue weighted by molar-refractivity contribution is 6.43. The molecule has 0 aliphatic carbocycles. The molecular formula is C24H30ClF3N4O2. The van der Waals surface area contributed by atoms with Gasteiger partial charge in [0.25, 0.3) is 5.91 Å². The van der Waals surface area contributed by atoms with Gasteiger partial charge in [-0.15, -0.1) is 0 Å². The highest BCUT2D eigenvalue weighted by Gasteiger charge is 2.43. The maximum atomic E-state index is 14.4. The average molecular weight is 499 g/mol. The zero-order valence-electron chi connectivity index (χ0n) is 19.8. The lowest BCUT2D eigenvalue weighted by Gasteiger charge is -2.41. The Kier molecular flexibility index (Phi) is 8.08. The minimum Gasteiger partial charge on any atom is -0.332 e. The van der Waals surface area contributed by atoms with Gasteiger partial charge in [0, 0.05) is 44.3 Å². The van der Waals surface area contributed by atoms with Crippen LogP contribution in [0.5, 0.6) is 0 Å². The number of carbonyl (C=O) groups is 2.